The van der Waals surface area contributed by atoms with E-state index in [0.717, 1.165) is 37.8 Å². The van der Waals surface area contributed by atoms with E-state index >= 15 is 0 Å². The number of rotatable bonds is 4. The van der Waals surface area contributed by atoms with Crippen molar-refractivity contribution in [1.82, 2.24) is 10.2 Å². The van der Waals surface area contributed by atoms with Crippen molar-refractivity contribution in [3.05, 3.63) is 0 Å². The molecule has 7 heteroatoms. The molecular weight excluding hydrogens is 425 g/mol. The molecule has 0 aromatic heterocycles. The molecule has 0 spiro atoms. The molecule has 2 fully saturated rings. The van der Waals surface area contributed by atoms with E-state index in [4.69, 9.17) is 4.99 Å². The van der Waals surface area contributed by atoms with Crippen LogP contribution < -0.4 is 5.32 Å². The summed E-state index contributed by atoms with van der Waals surface area (Å²) in [6, 6.07) is 0.394. The molecule has 1 N–H and O–H groups in total. The highest BCUT2D eigenvalue weighted by molar-refractivity contribution is 14.0. The summed E-state index contributed by atoms with van der Waals surface area (Å²) in [5.41, 5.74) is 0. The van der Waals surface area contributed by atoms with E-state index in [2.05, 4.69) is 31.0 Å². The van der Waals surface area contributed by atoms with Crippen LogP contribution in [0.3, 0.4) is 0 Å². The lowest BCUT2D eigenvalue weighted by Crippen LogP contribution is -2.48. The molecule has 2 aliphatic heterocycles. The average Bonchev–Trinajstić information content (AvgIpc) is 2.83. The van der Waals surface area contributed by atoms with Gasteiger partial charge in [-0.15, -0.1) is 24.0 Å². The smallest absolute Gasteiger partial charge is 0.194 e. The summed E-state index contributed by atoms with van der Waals surface area (Å²) >= 11 is 0. The molecule has 2 atom stereocenters. The Morgan fingerprint density at radius 3 is 2.48 bits per heavy atom. The number of piperidine rings is 1. The number of nitrogens with one attached hydrogen (secondary N) is 1. The first-order valence-electron chi connectivity index (χ1n) is 8.66. The quantitative estimate of drug-likeness (QED) is 0.401. The lowest BCUT2D eigenvalue weighted by Gasteiger charge is -2.34. The average molecular weight is 457 g/mol. The van der Waals surface area contributed by atoms with Crippen molar-refractivity contribution in [3.8, 4) is 0 Å². The monoisotopic (exact) mass is 457 g/mol. The van der Waals surface area contributed by atoms with Crippen molar-refractivity contribution in [2.24, 2.45) is 16.8 Å². The molecule has 0 aromatic carbocycles. The minimum Gasteiger partial charge on any atom is -0.354 e. The Hall–Kier alpha value is -0.0500. The highest BCUT2D eigenvalue weighted by Gasteiger charge is 2.28. The summed E-state index contributed by atoms with van der Waals surface area (Å²) in [6.45, 7) is 9.36. The maximum absolute atomic E-state index is 11.6. The van der Waals surface area contributed by atoms with E-state index in [-0.39, 0.29) is 29.9 Å². The van der Waals surface area contributed by atoms with Crippen molar-refractivity contribution in [2.75, 3.05) is 31.1 Å². The summed E-state index contributed by atoms with van der Waals surface area (Å²) in [6.07, 6.45) is 4.23. The first-order valence-corrected chi connectivity index (χ1v) is 10.5. The SMILES string of the molecule is CCC(C)NC(=NCC1CCS(=O)(=O)C1)N1CCC(C)CC1.I. The second-order valence-corrected chi connectivity index (χ2v) is 9.29. The van der Waals surface area contributed by atoms with Gasteiger partial charge in [-0.2, -0.15) is 0 Å². The number of aliphatic imine (C=N–C) groups is 1. The van der Waals surface area contributed by atoms with Crippen molar-refractivity contribution in [1.29, 1.82) is 0 Å². The molecule has 0 bridgehead atoms. The minimum atomic E-state index is -2.81. The Morgan fingerprint density at radius 2 is 1.96 bits per heavy atom. The lowest BCUT2D eigenvalue weighted by molar-refractivity contribution is 0.270. The van der Waals surface area contributed by atoms with Crippen LogP contribution in [0.4, 0.5) is 0 Å². The molecule has 0 amide bonds. The Balaban J connectivity index is 0.00000264. The Morgan fingerprint density at radius 1 is 1.30 bits per heavy atom. The molecule has 0 aromatic rings. The summed E-state index contributed by atoms with van der Waals surface area (Å²) in [7, 11) is -2.81. The fourth-order valence-corrected chi connectivity index (χ4v) is 4.86. The van der Waals surface area contributed by atoms with E-state index in [1.165, 1.54) is 12.8 Å². The zero-order chi connectivity index (χ0) is 16.2. The number of nitrogens with zero attached hydrogens (tertiary/aromatic N) is 2. The van der Waals surface area contributed by atoms with Crippen molar-refractivity contribution in [3.63, 3.8) is 0 Å². The molecule has 136 valence electrons. The summed E-state index contributed by atoms with van der Waals surface area (Å²) < 4.78 is 23.1. The molecule has 2 rings (SSSR count). The molecule has 2 heterocycles. The standard InChI is InChI=1S/C16H31N3O2S.HI/c1-4-14(3)18-16(19-8-5-13(2)6-9-19)17-11-15-7-10-22(20,21)12-15;/h13-15H,4-12H2,1-3H3,(H,17,18);1H. The Kier molecular flexibility index (Phi) is 8.61. The van der Waals surface area contributed by atoms with Crippen LogP contribution in [0.25, 0.3) is 0 Å². The van der Waals surface area contributed by atoms with Crippen LogP contribution >= 0.6 is 24.0 Å². The van der Waals surface area contributed by atoms with Crippen LogP contribution in [0.5, 0.6) is 0 Å². The first kappa shape index (κ1) is 21.0. The van der Waals surface area contributed by atoms with Gasteiger partial charge in [0.15, 0.2) is 15.8 Å². The van der Waals surface area contributed by atoms with E-state index in [1.807, 2.05) is 0 Å². The van der Waals surface area contributed by atoms with Gasteiger partial charge >= 0.3 is 0 Å². The van der Waals surface area contributed by atoms with Crippen LogP contribution in [-0.2, 0) is 9.84 Å². The van der Waals surface area contributed by atoms with Gasteiger partial charge in [0.25, 0.3) is 0 Å². The third-order valence-corrected chi connectivity index (χ3v) is 6.73. The first-order chi connectivity index (χ1) is 10.4. The van der Waals surface area contributed by atoms with Crippen molar-refractivity contribution >= 4 is 39.8 Å². The molecule has 0 aliphatic carbocycles. The Labute approximate surface area is 158 Å². The minimum absolute atomic E-state index is 0. The number of likely N-dealkylation sites (tertiary alicyclic amines) is 1. The molecule has 2 unspecified atom stereocenters. The fraction of sp³-hybridized carbons (Fsp3) is 0.938. The van der Waals surface area contributed by atoms with E-state index in [0.29, 0.717) is 24.1 Å². The van der Waals surface area contributed by atoms with Gasteiger partial charge in [0.2, 0.25) is 0 Å². The number of halogens is 1. The van der Waals surface area contributed by atoms with Crippen LogP contribution in [0.2, 0.25) is 0 Å². The molecule has 0 saturated carbocycles. The third-order valence-electron chi connectivity index (χ3n) is 4.90. The number of hydrogen-bond donors (Lipinski definition) is 1. The summed E-state index contributed by atoms with van der Waals surface area (Å²) in [5.74, 6) is 2.61. The molecule has 23 heavy (non-hydrogen) atoms. The predicted molar refractivity (Wildman–Crippen MR) is 107 cm³/mol. The van der Waals surface area contributed by atoms with Crippen LogP contribution in [-0.4, -0.2) is 56.5 Å². The molecule has 0 radical (unpaired) electrons. The van der Waals surface area contributed by atoms with Crippen LogP contribution in [0.15, 0.2) is 4.99 Å². The van der Waals surface area contributed by atoms with Gasteiger partial charge in [-0.05, 0) is 44.4 Å². The number of guanidine groups is 1. The van der Waals surface area contributed by atoms with Gasteiger partial charge in [0.1, 0.15) is 0 Å². The zero-order valence-corrected chi connectivity index (χ0v) is 17.8. The Bertz CT molecular complexity index is 488. The maximum Gasteiger partial charge on any atom is 0.194 e. The summed E-state index contributed by atoms with van der Waals surface area (Å²) in [4.78, 5) is 7.12. The lowest BCUT2D eigenvalue weighted by atomic mass is 9.99. The highest BCUT2D eigenvalue weighted by atomic mass is 127. The second-order valence-electron chi connectivity index (χ2n) is 7.06. The van der Waals surface area contributed by atoms with Gasteiger partial charge in [-0.1, -0.05) is 13.8 Å². The largest absolute Gasteiger partial charge is 0.354 e. The third kappa shape index (κ3) is 6.76. The van der Waals surface area contributed by atoms with Crippen molar-refractivity contribution in [2.45, 2.75) is 52.5 Å². The maximum atomic E-state index is 11.6. The second kappa shape index (κ2) is 9.44. The zero-order valence-electron chi connectivity index (χ0n) is 14.6. The van der Waals surface area contributed by atoms with E-state index in [9.17, 15) is 8.42 Å². The van der Waals surface area contributed by atoms with Crippen LogP contribution in [0.1, 0.15) is 46.5 Å². The number of sulfone groups is 1. The van der Waals surface area contributed by atoms with E-state index in [1.54, 1.807) is 0 Å². The van der Waals surface area contributed by atoms with Gasteiger partial charge in [0.05, 0.1) is 11.5 Å². The molecule has 2 aliphatic rings. The van der Waals surface area contributed by atoms with Gasteiger partial charge in [-0.25, -0.2) is 8.42 Å². The fourth-order valence-electron chi connectivity index (χ4n) is 3.01. The van der Waals surface area contributed by atoms with E-state index < -0.39 is 9.84 Å². The summed E-state index contributed by atoms with van der Waals surface area (Å²) in [5, 5.41) is 3.52. The predicted octanol–water partition coefficient (Wildman–Crippen LogP) is 2.52. The van der Waals surface area contributed by atoms with Crippen LogP contribution in [0, 0.1) is 11.8 Å². The van der Waals surface area contributed by atoms with Gasteiger partial charge in [-0.3, -0.25) is 4.99 Å². The highest BCUT2D eigenvalue weighted by Crippen LogP contribution is 2.20. The topological polar surface area (TPSA) is 61.8 Å². The molecular formula is C16H32IN3O2S. The normalized spacial score (nSPS) is 26.7. The van der Waals surface area contributed by atoms with Crippen molar-refractivity contribution < 1.29 is 8.42 Å². The number of hydrogen-bond acceptors (Lipinski definition) is 3. The molecule has 2 saturated heterocycles. The van der Waals surface area contributed by atoms with Gasteiger partial charge in [0, 0.05) is 25.7 Å². The molecule has 5 nitrogen and oxygen atoms in total. The van der Waals surface area contributed by atoms with Gasteiger partial charge < -0.3 is 10.2 Å².